The number of hydrogen-bond donors (Lipinski definition) is 0. The highest BCUT2D eigenvalue weighted by atomic mass is 16.5. The molecule has 4 rings (SSSR count). The van der Waals surface area contributed by atoms with Crippen LogP contribution < -0.4 is 10.1 Å². The fourth-order valence-electron chi connectivity index (χ4n) is 4.91. The Labute approximate surface area is 181 Å². The summed E-state index contributed by atoms with van der Waals surface area (Å²) in [7, 11) is 1.60. The van der Waals surface area contributed by atoms with Crippen LogP contribution in [-0.2, 0) is 4.74 Å². The van der Waals surface area contributed by atoms with Gasteiger partial charge >= 0.3 is 5.97 Å². The summed E-state index contributed by atoms with van der Waals surface area (Å²) in [5, 5.41) is 8.78. The molecule has 2 unspecified atom stereocenters. The Balaban J connectivity index is 1.74. The number of nitrogens with zero attached hydrogens (tertiary/aromatic N) is 4. The maximum absolute atomic E-state index is 13.2. The van der Waals surface area contributed by atoms with Gasteiger partial charge in [-0.25, -0.2) is 9.64 Å². The lowest BCUT2D eigenvalue weighted by Gasteiger charge is -2.37. The van der Waals surface area contributed by atoms with E-state index in [2.05, 4.69) is 42.4 Å². The molecule has 2 heterocycles. The molecule has 0 spiro atoms. The number of aromatic nitrogens is 3. The number of carbonyl (C=O) groups is 1. The van der Waals surface area contributed by atoms with Gasteiger partial charge in [-0.1, -0.05) is 27.4 Å². The molecule has 0 bridgehead atoms. The highest BCUT2D eigenvalue weighted by Gasteiger charge is 2.35. The second kappa shape index (κ2) is 8.03. The zero-order valence-electron chi connectivity index (χ0n) is 18.3. The second-order valence-electron chi connectivity index (χ2n) is 8.59. The van der Waals surface area contributed by atoms with E-state index in [-0.39, 0.29) is 29.2 Å². The fourth-order valence-corrected chi connectivity index (χ4v) is 4.91. The number of benzene rings is 1. The predicted octanol–water partition coefficient (Wildman–Crippen LogP) is 4.31. The van der Waals surface area contributed by atoms with Crippen LogP contribution in [0.1, 0.15) is 44.0 Å². The number of esters is 1. The monoisotopic (exact) mass is 418 g/mol. The van der Waals surface area contributed by atoms with E-state index in [4.69, 9.17) is 16.0 Å². The Morgan fingerprint density at radius 1 is 1.16 bits per heavy atom. The van der Waals surface area contributed by atoms with E-state index >= 15 is 0 Å². The summed E-state index contributed by atoms with van der Waals surface area (Å²) in [6.07, 6.45) is 1.86. The lowest BCUT2D eigenvalue weighted by molar-refractivity contribution is -0.0252. The van der Waals surface area contributed by atoms with Crippen molar-refractivity contribution in [2.45, 2.75) is 39.7 Å². The minimum Gasteiger partial charge on any atom is -0.497 e. The molecule has 1 aliphatic rings. The van der Waals surface area contributed by atoms with E-state index in [1.807, 2.05) is 24.3 Å². The van der Waals surface area contributed by atoms with Crippen molar-refractivity contribution in [3.63, 3.8) is 0 Å². The maximum Gasteiger partial charge on any atom is 0.330 e. The number of ether oxygens (including phenoxy) is 2. The Hall–Kier alpha value is -3.40. The van der Waals surface area contributed by atoms with E-state index in [9.17, 15) is 4.79 Å². The third-order valence-corrected chi connectivity index (χ3v) is 6.25. The van der Waals surface area contributed by atoms with Gasteiger partial charge in [0.05, 0.1) is 19.2 Å². The predicted molar refractivity (Wildman–Crippen MR) is 118 cm³/mol. The molecule has 2 atom stereocenters. The van der Waals surface area contributed by atoms with E-state index in [0.29, 0.717) is 22.7 Å². The second-order valence-corrected chi connectivity index (χ2v) is 8.59. The van der Waals surface area contributed by atoms with Gasteiger partial charge in [0.15, 0.2) is 11.5 Å². The molecule has 7 heteroatoms. The number of carbonyl (C=O) groups excluding carboxylic acids is 1. The summed E-state index contributed by atoms with van der Waals surface area (Å²) in [4.78, 5) is 16.8. The largest absolute Gasteiger partial charge is 0.497 e. The Kier molecular flexibility index (Phi) is 5.40. The van der Waals surface area contributed by atoms with Crippen LogP contribution in [-0.4, -0.2) is 33.8 Å². The van der Waals surface area contributed by atoms with E-state index in [0.717, 1.165) is 24.2 Å². The molecule has 7 nitrogen and oxygen atoms in total. The van der Waals surface area contributed by atoms with Crippen LogP contribution in [0.4, 0.5) is 5.69 Å². The fraction of sp³-hybridized carbons (Fsp3) is 0.417. The Morgan fingerprint density at radius 2 is 1.81 bits per heavy atom. The van der Waals surface area contributed by atoms with Crippen LogP contribution in [0.15, 0.2) is 24.3 Å². The molecule has 2 aromatic heterocycles. The first-order valence-corrected chi connectivity index (χ1v) is 10.5. The van der Waals surface area contributed by atoms with Crippen molar-refractivity contribution < 1.29 is 14.3 Å². The Bertz CT molecular complexity index is 1200. The SMILES string of the molecule is [C-]#[N+]c1c(C(=O)OC2C(C)CC(C)CC2C)c(=C)n2c(-c3ccc(OC)cc3)nnc12. The summed E-state index contributed by atoms with van der Waals surface area (Å²) in [6, 6.07) is 7.34. The van der Waals surface area contributed by atoms with E-state index < -0.39 is 5.97 Å². The van der Waals surface area contributed by atoms with Crippen molar-refractivity contribution in [2.24, 2.45) is 17.8 Å². The summed E-state index contributed by atoms with van der Waals surface area (Å²) < 4.78 is 12.8. The van der Waals surface area contributed by atoms with Gasteiger partial charge in [0.2, 0.25) is 5.69 Å². The molecule has 1 fully saturated rings. The third kappa shape index (κ3) is 3.52. The van der Waals surface area contributed by atoms with Crippen molar-refractivity contribution in [1.82, 2.24) is 14.6 Å². The molecule has 1 saturated carbocycles. The zero-order chi connectivity index (χ0) is 22.3. The maximum atomic E-state index is 13.2. The van der Waals surface area contributed by atoms with Crippen LogP contribution in [0.5, 0.6) is 5.75 Å². The van der Waals surface area contributed by atoms with Gasteiger partial charge in [-0.2, -0.15) is 0 Å². The quantitative estimate of drug-likeness (QED) is 0.466. The molecule has 160 valence electrons. The first-order chi connectivity index (χ1) is 14.8. The lowest BCUT2D eigenvalue weighted by Crippen LogP contribution is -2.38. The van der Waals surface area contributed by atoms with Gasteiger partial charge < -0.3 is 9.47 Å². The smallest absolute Gasteiger partial charge is 0.330 e. The van der Waals surface area contributed by atoms with Gasteiger partial charge in [-0.05, 0) is 54.9 Å². The molecule has 0 N–H and O–H groups in total. The molecule has 31 heavy (non-hydrogen) atoms. The molecular formula is C24H26N4O3. The normalized spacial score (nSPS) is 23.5. The first kappa shape index (κ1) is 20.9. The molecule has 1 aromatic carbocycles. The van der Waals surface area contributed by atoms with Crippen molar-refractivity contribution >= 4 is 23.9 Å². The minimum atomic E-state index is -0.513. The van der Waals surface area contributed by atoms with E-state index in [1.54, 1.807) is 11.5 Å². The molecule has 0 amide bonds. The van der Waals surface area contributed by atoms with Crippen LogP contribution >= 0.6 is 0 Å². The number of fused-ring (bicyclic) bond motifs is 1. The number of methoxy groups -OCH3 is 1. The van der Waals surface area contributed by atoms with Crippen molar-refractivity contribution in [2.75, 3.05) is 7.11 Å². The van der Waals surface area contributed by atoms with Crippen molar-refractivity contribution in [3.8, 4) is 17.1 Å². The van der Waals surface area contributed by atoms with Gasteiger partial charge in [0.25, 0.3) is 0 Å². The standard InChI is InChI=1S/C24H26N4O3/c1-13-11-14(2)21(15(3)12-13)31-24(29)19-16(4)28-22(26-27-23(28)20(19)25-5)17-7-9-18(30-6)10-8-17/h7-10,13-15,21H,4,11-12H2,1-3,6H3. The Morgan fingerprint density at radius 3 is 2.39 bits per heavy atom. The highest BCUT2D eigenvalue weighted by Crippen LogP contribution is 2.36. The molecule has 0 aliphatic heterocycles. The van der Waals surface area contributed by atoms with Gasteiger partial charge in [-0.15, -0.1) is 10.2 Å². The summed E-state index contributed by atoms with van der Waals surface area (Å²) in [6.45, 7) is 18.2. The molecule has 0 saturated heterocycles. The van der Waals surface area contributed by atoms with Crippen molar-refractivity contribution in [1.29, 1.82) is 0 Å². The van der Waals surface area contributed by atoms with Crippen LogP contribution in [0.3, 0.4) is 0 Å². The minimum absolute atomic E-state index is 0.131. The van der Waals surface area contributed by atoms with Gasteiger partial charge in [0, 0.05) is 10.9 Å². The average Bonchev–Trinajstić information content (AvgIpc) is 3.29. The van der Waals surface area contributed by atoms with Gasteiger partial charge in [0.1, 0.15) is 11.9 Å². The molecule has 1 aliphatic carbocycles. The molecular weight excluding hydrogens is 392 g/mol. The zero-order valence-corrected chi connectivity index (χ0v) is 18.3. The van der Waals surface area contributed by atoms with Crippen LogP contribution in [0, 0.1) is 24.3 Å². The summed E-state index contributed by atoms with van der Waals surface area (Å²) in [5.41, 5.74) is 1.40. The first-order valence-electron chi connectivity index (χ1n) is 10.5. The van der Waals surface area contributed by atoms with Crippen LogP contribution in [0.25, 0.3) is 28.5 Å². The molecule has 3 aromatic rings. The summed E-state index contributed by atoms with van der Waals surface area (Å²) in [5.74, 6) is 1.87. The van der Waals surface area contributed by atoms with E-state index in [1.165, 1.54) is 0 Å². The van der Waals surface area contributed by atoms with Crippen molar-refractivity contribution in [3.05, 3.63) is 46.6 Å². The summed E-state index contributed by atoms with van der Waals surface area (Å²) >= 11 is 0. The number of rotatable bonds is 4. The van der Waals surface area contributed by atoms with Gasteiger partial charge in [-0.3, -0.25) is 4.40 Å². The molecule has 0 radical (unpaired) electrons. The lowest BCUT2D eigenvalue weighted by atomic mass is 9.75. The third-order valence-electron chi connectivity index (χ3n) is 6.25. The van der Waals surface area contributed by atoms with Crippen LogP contribution in [0.2, 0.25) is 0 Å². The topological polar surface area (TPSA) is 70.1 Å². The number of hydrogen-bond acceptors (Lipinski definition) is 5. The highest BCUT2D eigenvalue weighted by molar-refractivity contribution is 6.01. The average molecular weight is 418 g/mol.